The van der Waals surface area contributed by atoms with Gasteiger partial charge in [0, 0.05) is 17.5 Å². The zero-order chi connectivity index (χ0) is 24.1. The Hall–Kier alpha value is -3.17. The van der Waals surface area contributed by atoms with E-state index in [4.69, 9.17) is 4.74 Å². The van der Waals surface area contributed by atoms with Gasteiger partial charge in [0.2, 0.25) is 5.91 Å². The number of anilines is 1. The Morgan fingerprint density at radius 2 is 1.97 bits per heavy atom. The van der Waals surface area contributed by atoms with E-state index in [1.165, 1.54) is 28.7 Å². The summed E-state index contributed by atoms with van der Waals surface area (Å²) in [4.78, 5) is 17.0. The van der Waals surface area contributed by atoms with Crippen LogP contribution in [0, 0.1) is 13.8 Å². The van der Waals surface area contributed by atoms with E-state index in [2.05, 4.69) is 33.5 Å². The van der Waals surface area contributed by atoms with Crippen molar-refractivity contribution >= 4 is 34.1 Å². The molecule has 1 unspecified atom stereocenters. The third kappa shape index (κ3) is 5.66. The minimum Gasteiger partial charge on any atom is -0.482 e. The summed E-state index contributed by atoms with van der Waals surface area (Å²) in [6, 6.07) is 16.0. The third-order valence-corrected chi connectivity index (χ3v) is 6.94. The van der Waals surface area contributed by atoms with Gasteiger partial charge < -0.3 is 14.6 Å². The molecule has 0 bridgehead atoms. The predicted molar refractivity (Wildman–Crippen MR) is 138 cm³/mol. The quantitative estimate of drug-likeness (QED) is 0.292. The maximum absolute atomic E-state index is 12.5. The SMILES string of the molecule is CCn1c(SCC(=O)Nc2nc(-c3ccccc3)cs2)nnc1C(C)Oc1ccc(C)cc1C. The van der Waals surface area contributed by atoms with E-state index in [0.29, 0.717) is 16.8 Å². The van der Waals surface area contributed by atoms with Gasteiger partial charge in [0.1, 0.15) is 5.75 Å². The summed E-state index contributed by atoms with van der Waals surface area (Å²) in [6.07, 6.45) is -0.274. The number of aromatic nitrogens is 4. The van der Waals surface area contributed by atoms with Gasteiger partial charge >= 0.3 is 0 Å². The van der Waals surface area contributed by atoms with Gasteiger partial charge in [-0.3, -0.25) is 4.79 Å². The topological polar surface area (TPSA) is 81.9 Å². The molecule has 4 aromatic rings. The fourth-order valence-corrected chi connectivity index (χ4v) is 5.08. The van der Waals surface area contributed by atoms with Crippen LogP contribution in [0.1, 0.15) is 36.9 Å². The van der Waals surface area contributed by atoms with E-state index in [0.717, 1.165) is 28.4 Å². The van der Waals surface area contributed by atoms with Crippen LogP contribution < -0.4 is 10.1 Å². The van der Waals surface area contributed by atoms with Crippen LogP contribution in [-0.2, 0) is 11.3 Å². The van der Waals surface area contributed by atoms with Crippen molar-refractivity contribution in [2.24, 2.45) is 0 Å². The maximum atomic E-state index is 12.5. The van der Waals surface area contributed by atoms with Crippen LogP contribution in [0.5, 0.6) is 5.75 Å². The monoisotopic (exact) mass is 493 g/mol. The highest BCUT2D eigenvalue weighted by Crippen LogP contribution is 2.28. The molecule has 4 rings (SSSR count). The summed E-state index contributed by atoms with van der Waals surface area (Å²) in [5.41, 5.74) is 4.15. The second kappa shape index (κ2) is 10.8. The Bertz CT molecular complexity index is 1270. The van der Waals surface area contributed by atoms with E-state index >= 15 is 0 Å². The maximum Gasteiger partial charge on any atom is 0.236 e. The van der Waals surface area contributed by atoms with Gasteiger partial charge in [-0.2, -0.15) is 0 Å². The lowest BCUT2D eigenvalue weighted by Crippen LogP contribution is -2.15. The number of hydrogen-bond donors (Lipinski definition) is 1. The van der Waals surface area contributed by atoms with Crippen molar-refractivity contribution in [1.29, 1.82) is 0 Å². The average molecular weight is 494 g/mol. The molecule has 0 saturated heterocycles. The van der Waals surface area contributed by atoms with Gasteiger partial charge in [-0.1, -0.05) is 59.8 Å². The van der Waals surface area contributed by atoms with Crippen molar-refractivity contribution in [3.05, 3.63) is 70.9 Å². The van der Waals surface area contributed by atoms with Crippen molar-refractivity contribution in [3.63, 3.8) is 0 Å². The van der Waals surface area contributed by atoms with Gasteiger partial charge in [-0.25, -0.2) is 4.98 Å². The molecule has 0 radical (unpaired) electrons. The summed E-state index contributed by atoms with van der Waals surface area (Å²) < 4.78 is 8.16. The molecule has 1 N–H and O–H groups in total. The zero-order valence-electron chi connectivity index (χ0n) is 19.6. The van der Waals surface area contributed by atoms with Gasteiger partial charge in [0.15, 0.2) is 22.2 Å². The highest BCUT2D eigenvalue weighted by molar-refractivity contribution is 7.99. The van der Waals surface area contributed by atoms with Crippen LogP contribution >= 0.6 is 23.1 Å². The molecule has 1 atom stereocenters. The normalized spacial score (nSPS) is 11.9. The standard InChI is InChI=1S/C25H27N5O2S2/c1-5-30-23(18(4)32-21-12-11-16(2)13-17(21)3)28-29-25(30)34-15-22(31)27-24-26-20(14-33-24)19-9-7-6-8-10-19/h6-14,18H,5,15H2,1-4H3,(H,26,27,31). The van der Waals surface area contributed by atoms with Gasteiger partial charge in [-0.05, 0) is 39.3 Å². The number of nitrogens with one attached hydrogen (secondary N) is 1. The molecule has 0 spiro atoms. The number of nitrogens with zero attached hydrogens (tertiary/aromatic N) is 4. The van der Waals surface area contributed by atoms with E-state index in [1.54, 1.807) is 0 Å². The van der Waals surface area contributed by atoms with Crippen LogP contribution in [0.3, 0.4) is 0 Å². The van der Waals surface area contributed by atoms with Crippen molar-refractivity contribution in [2.45, 2.75) is 45.5 Å². The number of rotatable bonds is 9. The Kier molecular flexibility index (Phi) is 7.64. The molecule has 9 heteroatoms. The number of hydrogen-bond acceptors (Lipinski definition) is 7. The highest BCUT2D eigenvalue weighted by Gasteiger charge is 2.20. The van der Waals surface area contributed by atoms with Crippen LogP contribution in [0.4, 0.5) is 5.13 Å². The lowest BCUT2D eigenvalue weighted by atomic mass is 10.1. The second-order valence-electron chi connectivity index (χ2n) is 7.85. The molecule has 0 aliphatic heterocycles. The molecule has 0 saturated carbocycles. The second-order valence-corrected chi connectivity index (χ2v) is 9.66. The van der Waals surface area contributed by atoms with Gasteiger partial charge in [0.25, 0.3) is 0 Å². The van der Waals surface area contributed by atoms with Crippen LogP contribution in [0.25, 0.3) is 11.3 Å². The summed E-state index contributed by atoms with van der Waals surface area (Å²) in [5, 5.41) is 14.8. The number of ether oxygens (including phenoxy) is 1. The minimum atomic E-state index is -0.274. The summed E-state index contributed by atoms with van der Waals surface area (Å²) in [6.45, 7) is 8.76. The number of thiazole rings is 1. The first-order valence-electron chi connectivity index (χ1n) is 11.0. The lowest BCUT2D eigenvalue weighted by Gasteiger charge is -2.17. The van der Waals surface area contributed by atoms with Crippen molar-refractivity contribution in [1.82, 2.24) is 19.7 Å². The third-order valence-electron chi connectivity index (χ3n) is 5.21. The predicted octanol–water partition coefficient (Wildman–Crippen LogP) is 5.91. The Morgan fingerprint density at radius 1 is 1.18 bits per heavy atom. The number of amides is 1. The molecule has 2 aromatic carbocycles. The fourth-order valence-electron chi connectivity index (χ4n) is 3.54. The van der Waals surface area contributed by atoms with E-state index in [9.17, 15) is 4.79 Å². The smallest absolute Gasteiger partial charge is 0.236 e. The van der Waals surface area contributed by atoms with Crippen molar-refractivity contribution in [2.75, 3.05) is 11.1 Å². The molecule has 1 amide bonds. The Labute approximate surface area is 207 Å². The molecule has 7 nitrogen and oxygen atoms in total. The number of carbonyl (C=O) groups excluding carboxylic acids is 1. The largest absolute Gasteiger partial charge is 0.482 e. The number of benzene rings is 2. The van der Waals surface area contributed by atoms with Crippen LogP contribution in [0.2, 0.25) is 0 Å². The average Bonchev–Trinajstić information content (AvgIpc) is 3.47. The number of aryl methyl sites for hydroxylation is 2. The number of carbonyl (C=O) groups is 1. The van der Waals surface area contributed by atoms with Gasteiger partial charge in [-0.15, -0.1) is 21.5 Å². The molecule has 2 aromatic heterocycles. The first kappa shape index (κ1) is 24.0. The van der Waals surface area contributed by atoms with E-state index in [1.807, 2.05) is 73.2 Å². The summed E-state index contributed by atoms with van der Waals surface area (Å²) in [5.74, 6) is 1.64. The fraction of sp³-hybridized carbons (Fsp3) is 0.280. The van der Waals surface area contributed by atoms with Crippen LogP contribution in [0.15, 0.2) is 59.1 Å². The van der Waals surface area contributed by atoms with Crippen molar-refractivity contribution < 1.29 is 9.53 Å². The Balaban J connectivity index is 1.37. The van der Waals surface area contributed by atoms with Gasteiger partial charge in [0.05, 0.1) is 11.4 Å². The summed E-state index contributed by atoms with van der Waals surface area (Å²) in [7, 11) is 0. The molecule has 0 aliphatic carbocycles. The first-order chi connectivity index (χ1) is 16.4. The highest BCUT2D eigenvalue weighted by atomic mass is 32.2. The minimum absolute atomic E-state index is 0.134. The molecular formula is C25H27N5O2S2. The molecule has 0 aliphatic rings. The van der Waals surface area contributed by atoms with Crippen LogP contribution in [-0.4, -0.2) is 31.4 Å². The molecule has 176 valence electrons. The lowest BCUT2D eigenvalue weighted by molar-refractivity contribution is -0.113. The molecule has 0 fully saturated rings. The molecule has 2 heterocycles. The van der Waals surface area contributed by atoms with E-state index < -0.39 is 0 Å². The number of thioether (sulfide) groups is 1. The first-order valence-corrected chi connectivity index (χ1v) is 12.9. The summed E-state index contributed by atoms with van der Waals surface area (Å²) >= 11 is 2.76. The molecule has 34 heavy (non-hydrogen) atoms. The van der Waals surface area contributed by atoms with Crippen molar-refractivity contribution in [3.8, 4) is 17.0 Å². The van der Waals surface area contributed by atoms with E-state index in [-0.39, 0.29) is 17.8 Å². The Morgan fingerprint density at radius 3 is 2.71 bits per heavy atom. The zero-order valence-corrected chi connectivity index (χ0v) is 21.2. The molecular weight excluding hydrogens is 466 g/mol.